The molecule has 1 rings (SSSR count). The summed E-state index contributed by atoms with van der Waals surface area (Å²) in [5.74, 6) is -1.07. The summed E-state index contributed by atoms with van der Waals surface area (Å²) >= 11 is 0. The Labute approximate surface area is 108 Å². The minimum atomic E-state index is -0.779. The Kier molecular flexibility index (Phi) is 4.75. The van der Waals surface area contributed by atoms with Crippen LogP contribution in [-0.4, -0.2) is 41.3 Å². The Balaban J connectivity index is 2.53. The summed E-state index contributed by atoms with van der Waals surface area (Å²) in [5, 5.41) is 9.16. The maximum absolute atomic E-state index is 11.7. The van der Waals surface area contributed by atoms with Gasteiger partial charge in [-0.05, 0) is 34.6 Å². The normalized spacial score (nSPS) is 27.9. The first-order valence-electron chi connectivity index (χ1n) is 6.29. The van der Waals surface area contributed by atoms with Crippen molar-refractivity contribution in [2.45, 2.75) is 71.1 Å². The van der Waals surface area contributed by atoms with Crippen LogP contribution in [0.1, 0.15) is 47.5 Å². The van der Waals surface area contributed by atoms with E-state index in [-0.39, 0.29) is 31.2 Å². The largest absolute Gasteiger partial charge is 0.460 e. The Morgan fingerprint density at radius 1 is 1.33 bits per heavy atom. The third-order valence-corrected chi connectivity index (χ3v) is 2.44. The number of ether oxygens (including phenoxy) is 3. The van der Waals surface area contributed by atoms with Crippen molar-refractivity contribution in [2.75, 3.05) is 6.61 Å². The van der Waals surface area contributed by atoms with Gasteiger partial charge >= 0.3 is 5.97 Å². The fraction of sp³-hybridized carbons (Fsp3) is 0.923. The van der Waals surface area contributed by atoms with Gasteiger partial charge in [-0.3, -0.25) is 4.79 Å². The van der Waals surface area contributed by atoms with Crippen molar-refractivity contribution < 1.29 is 24.1 Å². The number of carbonyl (C=O) groups excluding carboxylic acids is 1. The van der Waals surface area contributed by atoms with Gasteiger partial charge in [-0.15, -0.1) is 0 Å². The third kappa shape index (κ3) is 5.33. The second-order valence-corrected chi connectivity index (χ2v) is 6.09. The molecule has 0 aromatic rings. The van der Waals surface area contributed by atoms with Gasteiger partial charge in [0.25, 0.3) is 0 Å². The molecule has 1 heterocycles. The summed E-state index contributed by atoms with van der Waals surface area (Å²) in [6, 6.07) is 0. The van der Waals surface area contributed by atoms with E-state index in [0.717, 1.165) is 0 Å². The Morgan fingerprint density at radius 2 is 1.89 bits per heavy atom. The van der Waals surface area contributed by atoms with Crippen molar-refractivity contribution in [3.8, 4) is 0 Å². The zero-order valence-corrected chi connectivity index (χ0v) is 11.9. The lowest BCUT2D eigenvalue weighted by atomic mass is 10.1. The summed E-state index contributed by atoms with van der Waals surface area (Å²) in [7, 11) is 0. The highest BCUT2D eigenvalue weighted by Crippen LogP contribution is 2.28. The van der Waals surface area contributed by atoms with Crippen LogP contribution in [0.5, 0.6) is 0 Å². The van der Waals surface area contributed by atoms with Crippen LogP contribution in [-0.2, 0) is 19.0 Å². The molecule has 1 fully saturated rings. The van der Waals surface area contributed by atoms with Crippen LogP contribution in [0.25, 0.3) is 0 Å². The first-order valence-corrected chi connectivity index (χ1v) is 6.29. The van der Waals surface area contributed by atoms with E-state index in [1.54, 1.807) is 13.8 Å². The van der Waals surface area contributed by atoms with E-state index in [9.17, 15) is 4.79 Å². The van der Waals surface area contributed by atoms with Gasteiger partial charge in [0.05, 0.1) is 25.2 Å². The number of hydrogen-bond donors (Lipinski definition) is 1. The molecular formula is C13H24O5. The molecule has 1 unspecified atom stereocenters. The van der Waals surface area contributed by atoms with E-state index in [0.29, 0.717) is 6.42 Å². The fourth-order valence-corrected chi connectivity index (χ4v) is 2.03. The molecule has 1 aliphatic rings. The molecule has 1 N–H and O–H groups in total. The number of hydrogen-bond acceptors (Lipinski definition) is 5. The molecule has 0 amide bonds. The van der Waals surface area contributed by atoms with Gasteiger partial charge < -0.3 is 19.3 Å². The van der Waals surface area contributed by atoms with Crippen molar-refractivity contribution in [1.82, 2.24) is 0 Å². The zero-order chi connectivity index (χ0) is 14.0. The highest BCUT2D eigenvalue weighted by Gasteiger charge is 2.36. The number of aliphatic hydroxyl groups excluding tert-OH is 1. The Hall–Kier alpha value is -0.650. The molecule has 0 bridgehead atoms. The number of aliphatic hydroxyl groups is 1. The van der Waals surface area contributed by atoms with E-state index in [4.69, 9.17) is 19.3 Å². The van der Waals surface area contributed by atoms with Gasteiger partial charge in [0.15, 0.2) is 5.79 Å². The molecule has 1 saturated heterocycles. The molecule has 5 nitrogen and oxygen atoms in total. The molecule has 0 aliphatic carbocycles. The summed E-state index contributed by atoms with van der Waals surface area (Å²) < 4.78 is 16.4. The van der Waals surface area contributed by atoms with Crippen LogP contribution in [0.3, 0.4) is 0 Å². The second kappa shape index (κ2) is 5.55. The molecule has 1 aliphatic heterocycles. The van der Waals surface area contributed by atoms with Crippen LogP contribution in [0.15, 0.2) is 0 Å². The predicted octanol–water partition coefficient (Wildman–Crippen LogP) is 1.62. The highest BCUT2D eigenvalue weighted by molar-refractivity contribution is 5.70. The lowest BCUT2D eigenvalue weighted by molar-refractivity contribution is -0.304. The first kappa shape index (κ1) is 15.4. The standard InChI is InChI=1S/C13H24O5/c1-12(2,3)18-11(15)7-9-6-10(8-14)17-13(4,5)16-9/h9-10,14H,6-8H2,1-5H3/t9?,10-/m0/s1. The molecule has 106 valence electrons. The van der Waals surface area contributed by atoms with Crippen molar-refractivity contribution in [3.63, 3.8) is 0 Å². The average Bonchev–Trinajstić information content (AvgIpc) is 2.11. The van der Waals surface area contributed by atoms with Crippen LogP contribution in [0.4, 0.5) is 0 Å². The van der Waals surface area contributed by atoms with Crippen LogP contribution in [0.2, 0.25) is 0 Å². The van der Waals surface area contributed by atoms with Crippen molar-refractivity contribution in [3.05, 3.63) is 0 Å². The molecule has 0 aromatic heterocycles. The predicted molar refractivity (Wildman–Crippen MR) is 66.0 cm³/mol. The van der Waals surface area contributed by atoms with Crippen molar-refractivity contribution in [2.24, 2.45) is 0 Å². The molecule has 5 heteroatoms. The quantitative estimate of drug-likeness (QED) is 0.781. The number of esters is 1. The highest BCUT2D eigenvalue weighted by atomic mass is 16.7. The molecule has 0 radical (unpaired) electrons. The smallest absolute Gasteiger partial charge is 0.308 e. The zero-order valence-electron chi connectivity index (χ0n) is 11.9. The van der Waals surface area contributed by atoms with E-state index in [2.05, 4.69) is 0 Å². The van der Waals surface area contributed by atoms with E-state index in [1.165, 1.54) is 0 Å². The third-order valence-electron chi connectivity index (χ3n) is 2.44. The lowest BCUT2D eigenvalue weighted by Crippen LogP contribution is -2.46. The molecular weight excluding hydrogens is 236 g/mol. The van der Waals surface area contributed by atoms with Gasteiger partial charge in [0, 0.05) is 6.42 Å². The van der Waals surface area contributed by atoms with Gasteiger partial charge in [-0.2, -0.15) is 0 Å². The number of rotatable bonds is 3. The molecule has 18 heavy (non-hydrogen) atoms. The molecule has 2 atom stereocenters. The summed E-state index contributed by atoms with van der Waals surface area (Å²) in [5.41, 5.74) is -0.492. The topological polar surface area (TPSA) is 65.0 Å². The fourth-order valence-electron chi connectivity index (χ4n) is 2.03. The van der Waals surface area contributed by atoms with Crippen molar-refractivity contribution in [1.29, 1.82) is 0 Å². The van der Waals surface area contributed by atoms with Crippen LogP contribution >= 0.6 is 0 Å². The van der Waals surface area contributed by atoms with Gasteiger partial charge in [0.1, 0.15) is 5.60 Å². The Bertz CT molecular complexity index is 292. The minimum Gasteiger partial charge on any atom is -0.460 e. The van der Waals surface area contributed by atoms with Gasteiger partial charge in [0.2, 0.25) is 0 Å². The van der Waals surface area contributed by atoms with E-state index < -0.39 is 11.4 Å². The van der Waals surface area contributed by atoms with Crippen molar-refractivity contribution >= 4 is 5.97 Å². The second-order valence-electron chi connectivity index (χ2n) is 6.09. The minimum absolute atomic E-state index is 0.0718. The summed E-state index contributed by atoms with van der Waals surface area (Å²) in [6.07, 6.45) is 0.113. The SMILES string of the molecule is CC(C)(C)OC(=O)CC1C[C@@H](CO)OC(C)(C)O1. The molecule has 0 saturated carbocycles. The monoisotopic (exact) mass is 260 g/mol. The number of carbonyl (C=O) groups is 1. The maximum Gasteiger partial charge on any atom is 0.308 e. The summed E-state index contributed by atoms with van der Waals surface area (Å²) in [4.78, 5) is 11.7. The van der Waals surface area contributed by atoms with Gasteiger partial charge in [-0.1, -0.05) is 0 Å². The summed E-state index contributed by atoms with van der Waals surface area (Å²) in [6.45, 7) is 8.97. The Morgan fingerprint density at radius 3 is 2.39 bits per heavy atom. The lowest BCUT2D eigenvalue weighted by Gasteiger charge is -2.40. The van der Waals surface area contributed by atoms with Gasteiger partial charge in [-0.25, -0.2) is 0 Å². The average molecular weight is 260 g/mol. The maximum atomic E-state index is 11.7. The van der Waals surface area contributed by atoms with E-state index in [1.807, 2.05) is 20.8 Å². The first-order chi connectivity index (χ1) is 8.11. The van der Waals surface area contributed by atoms with Crippen LogP contribution < -0.4 is 0 Å². The molecule has 0 aromatic carbocycles. The molecule has 0 spiro atoms. The van der Waals surface area contributed by atoms with E-state index >= 15 is 0 Å². The van der Waals surface area contributed by atoms with Crippen LogP contribution in [0, 0.1) is 0 Å².